The number of amides is 1. The van der Waals surface area contributed by atoms with Crippen LogP contribution in [0.4, 0.5) is 0 Å². The molecular weight excluding hydrogens is 540 g/mol. The Hall–Kier alpha value is -3.21. The zero-order valence-electron chi connectivity index (χ0n) is 23.5. The molecule has 1 amide bonds. The van der Waals surface area contributed by atoms with Gasteiger partial charge in [-0.05, 0) is 41.8 Å². The van der Waals surface area contributed by atoms with E-state index in [9.17, 15) is 20.1 Å². The summed E-state index contributed by atoms with van der Waals surface area (Å²) in [4.78, 5) is 13.9. The molecule has 4 N–H and O–H groups in total. The summed E-state index contributed by atoms with van der Waals surface area (Å²) < 4.78 is 11.6. The van der Waals surface area contributed by atoms with Gasteiger partial charge in [0.15, 0.2) is 0 Å². The number of ether oxygens (including phenoxy) is 2. The first-order valence-corrected chi connectivity index (χ1v) is 14.6. The van der Waals surface area contributed by atoms with Gasteiger partial charge in [-0.25, -0.2) is 0 Å². The fourth-order valence-corrected chi connectivity index (χ4v) is 4.91. The monoisotopic (exact) mass is 578 g/mol. The average molecular weight is 579 g/mol. The molecule has 9 heteroatoms. The molecular formula is C32H38N2O6S. The second kappa shape index (κ2) is 16.3. The number of carbonyl (C=O) groups excluding carboxylic acids is 1. The van der Waals surface area contributed by atoms with E-state index >= 15 is 0 Å². The summed E-state index contributed by atoms with van der Waals surface area (Å²) in [5.74, 6) is 5.21. The molecule has 1 unspecified atom stereocenters. The van der Waals surface area contributed by atoms with Crippen molar-refractivity contribution in [2.24, 2.45) is 0 Å². The van der Waals surface area contributed by atoms with Crippen LogP contribution in [0.1, 0.15) is 40.3 Å². The number of carbonyl (C=O) groups is 1. The van der Waals surface area contributed by atoms with Gasteiger partial charge in [-0.1, -0.05) is 53.4 Å². The van der Waals surface area contributed by atoms with E-state index < -0.39 is 30.5 Å². The van der Waals surface area contributed by atoms with Crippen molar-refractivity contribution in [1.29, 1.82) is 0 Å². The Morgan fingerprint density at radius 2 is 1.83 bits per heavy atom. The van der Waals surface area contributed by atoms with Gasteiger partial charge in [0, 0.05) is 31.3 Å². The summed E-state index contributed by atoms with van der Waals surface area (Å²) in [5, 5.41) is 37.0. The SMILES string of the molecule is C#CCN(C)CCNC(=O)CCOCc1ccc(Cc2cc([C@@H]3OC(C#SC)[C@@H](O)[C@H](O)[C@H]3O)ccc2C#C)cc1. The first kappa shape index (κ1) is 32.3. The van der Waals surface area contributed by atoms with E-state index in [0.717, 1.165) is 16.7 Å². The molecule has 0 aromatic heterocycles. The number of aliphatic hydroxyl groups is 3. The molecule has 1 heterocycles. The predicted molar refractivity (Wildman–Crippen MR) is 160 cm³/mol. The molecule has 5 atom stereocenters. The molecule has 0 saturated carbocycles. The van der Waals surface area contributed by atoms with Crippen molar-refractivity contribution in [3.8, 4) is 29.9 Å². The Bertz CT molecular complexity index is 1310. The van der Waals surface area contributed by atoms with Crippen molar-refractivity contribution in [3.05, 3.63) is 70.3 Å². The van der Waals surface area contributed by atoms with Crippen LogP contribution in [0.5, 0.6) is 0 Å². The molecule has 2 aromatic rings. The number of hydrogen-bond acceptors (Lipinski definition) is 7. The number of benzene rings is 2. The van der Waals surface area contributed by atoms with E-state index in [2.05, 4.69) is 22.3 Å². The summed E-state index contributed by atoms with van der Waals surface area (Å²) in [6.07, 6.45) is 8.00. The lowest BCUT2D eigenvalue weighted by atomic mass is 9.89. The average Bonchev–Trinajstić information content (AvgIpc) is 2.96. The predicted octanol–water partition coefficient (Wildman–Crippen LogP) is 1.69. The minimum Gasteiger partial charge on any atom is -0.387 e. The van der Waals surface area contributed by atoms with E-state index in [1.807, 2.05) is 42.3 Å². The number of hydrogen-bond donors (Lipinski definition) is 4. The lowest BCUT2D eigenvalue weighted by molar-refractivity contribution is -0.209. The van der Waals surface area contributed by atoms with Crippen LogP contribution >= 0.6 is 11.2 Å². The number of nitrogens with zero attached hydrogens (tertiary/aromatic N) is 1. The maximum absolute atomic E-state index is 12.0. The first-order valence-electron chi connectivity index (χ1n) is 13.4. The van der Waals surface area contributed by atoms with Crippen molar-refractivity contribution in [2.75, 3.05) is 39.5 Å². The van der Waals surface area contributed by atoms with Gasteiger partial charge < -0.3 is 30.1 Å². The Morgan fingerprint density at radius 1 is 1.10 bits per heavy atom. The maximum atomic E-state index is 12.0. The number of rotatable bonds is 12. The molecule has 8 nitrogen and oxygen atoms in total. The largest absolute Gasteiger partial charge is 0.387 e. The number of terminal acetylenes is 2. The molecule has 0 bridgehead atoms. The standard InChI is InChI=1S/C32H38N2O6S/c1-5-15-34(3)16-14-33-28(35)13-17-39-20-23-9-7-22(8-10-23)18-26-19-25(12-11-24(26)6-2)32-31(38)30(37)29(36)27(40-32)21-41-4/h1-2,7-12,19,27,29-32,36-38H,13-18,20H2,3-4H3,(H,33,35)/t27?,29-,30+,31-,32+/m1/s1. The van der Waals surface area contributed by atoms with Crippen LogP contribution in [0.25, 0.3) is 0 Å². The summed E-state index contributed by atoms with van der Waals surface area (Å²) in [6, 6.07) is 13.4. The number of aliphatic hydroxyl groups excluding tert-OH is 3. The highest BCUT2D eigenvalue weighted by Gasteiger charge is 2.43. The zero-order valence-corrected chi connectivity index (χ0v) is 24.3. The van der Waals surface area contributed by atoms with Crippen LogP contribution in [-0.2, 0) is 27.3 Å². The third-order valence-electron chi connectivity index (χ3n) is 6.80. The summed E-state index contributed by atoms with van der Waals surface area (Å²) in [7, 11) is 1.90. The zero-order chi connectivity index (χ0) is 29.8. The van der Waals surface area contributed by atoms with Gasteiger partial charge in [-0.2, -0.15) is 0 Å². The maximum Gasteiger partial charge on any atom is 0.222 e. The van der Waals surface area contributed by atoms with E-state index in [-0.39, 0.29) is 12.3 Å². The number of nitrogens with one attached hydrogen (secondary N) is 1. The molecule has 3 rings (SSSR count). The quantitative estimate of drug-likeness (QED) is 0.224. The highest BCUT2D eigenvalue weighted by atomic mass is 32.1. The lowest BCUT2D eigenvalue weighted by Gasteiger charge is -2.39. The Balaban J connectivity index is 1.55. The summed E-state index contributed by atoms with van der Waals surface area (Å²) in [6.45, 7) is 2.48. The van der Waals surface area contributed by atoms with E-state index in [4.69, 9.17) is 22.3 Å². The summed E-state index contributed by atoms with van der Waals surface area (Å²) in [5.41, 5.74) is 4.25. The van der Waals surface area contributed by atoms with Crippen molar-refractivity contribution >= 4 is 17.1 Å². The van der Waals surface area contributed by atoms with Gasteiger partial charge in [0.25, 0.3) is 0 Å². The second-order valence-corrected chi connectivity index (χ2v) is 10.6. The van der Waals surface area contributed by atoms with Crippen LogP contribution in [0.3, 0.4) is 0 Å². The van der Waals surface area contributed by atoms with Crippen LogP contribution in [-0.4, -0.2) is 90.1 Å². The van der Waals surface area contributed by atoms with Crippen molar-refractivity contribution in [3.63, 3.8) is 0 Å². The van der Waals surface area contributed by atoms with Crippen molar-refractivity contribution < 1.29 is 29.6 Å². The molecule has 0 radical (unpaired) electrons. The van der Waals surface area contributed by atoms with Crippen molar-refractivity contribution in [1.82, 2.24) is 10.2 Å². The number of likely N-dealkylation sites (N-methyl/N-ethyl adjacent to an activating group) is 1. The summed E-state index contributed by atoms with van der Waals surface area (Å²) >= 11 is 1.25. The van der Waals surface area contributed by atoms with Gasteiger partial charge in [-0.15, -0.1) is 24.0 Å². The fourth-order valence-electron chi connectivity index (χ4n) is 4.48. The highest BCUT2D eigenvalue weighted by molar-refractivity contribution is 7.87. The van der Waals surface area contributed by atoms with Crippen LogP contribution in [0.2, 0.25) is 0 Å². The second-order valence-electron chi connectivity index (χ2n) is 9.92. The van der Waals surface area contributed by atoms with Crippen LogP contribution in [0, 0.1) is 29.9 Å². The van der Waals surface area contributed by atoms with Gasteiger partial charge in [-0.3, -0.25) is 9.69 Å². The molecule has 1 fully saturated rings. The van der Waals surface area contributed by atoms with Crippen LogP contribution < -0.4 is 5.32 Å². The molecule has 1 aliphatic heterocycles. The minimum atomic E-state index is -1.37. The molecule has 1 saturated heterocycles. The van der Waals surface area contributed by atoms with Gasteiger partial charge in [0.1, 0.15) is 30.5 Å². The lowest BCUT2D eigenvalue weighted by Crippen LogP contribution is -2.53. The third kappa shape index (κ3) is 9.41. The molecule has 1 aliphatic rings. The molecule has 218 valence electrons. The topological polar surface area (TPSA) is 111 Å². The van der Waals surface area contributed by atoms with Crippen LogP contribution in [0.15, 0.2) is 42.5 Å². The molecule has 0 spiro atoms. The van der Waals surface area contributed by atoms with Gasteiger partial charge in [0.2, 0.25) is 5.91 Å². The highest BCUT2D eigenvalue weighted by Crippen LogP contribution is 2.33. The Labute approximate surface area is 246 Å². The minimum absolute atomic E-state index is 0.0612. The van der Waals surface area contributed by atoms with E-state index in [1.54, 1.807) is 18.4 Å². The van der Waals surface area contributed by atoms with Gasteiger partial charge >= 0.3 is 0 Å². The Morgan fingerprint density at radius 3 is 2.51 bits per heavy atom. The molecule has 0 aliphatic carbocycles. The molecule has 2 aromatic carbocycles. The smallest absolute Gasteiger partial charge is 0.222 e. The third-order valence-corrected chi connectivity index (χ3v) is 7.27. The molecule has 41 heavy (non-hydrogen) atoms. The van der Waals surface area contributed by atoms with Gasteiger partial charge in [0.05, 0.1) is 19.8 Å². The van der Waals surface area contributed by atoms with E-state index in [1.165, 1.54) is 11.2 Å². The van der Waals surface area contributed by atoms with E-state index in [0.29, 0.717) is 50.4 Å². The normalized spacial score (nSPS) is 21.9. The Kier molecular flexibility index (Phi) is 12.8. The fraction of sp³-hybridized carbons (Fsp3) is 0.438. The first-order chi connectivity index (χ1) is 19.8. The van der Waals surface area contributed by atoms with Crippen molar-refractivity contribution in [2.45, 2.75) is 50.0 Å².